The van der Waals surface area contributed by atoms with Crippen molar-refractivity contribution < 1.29 is 9.53 Å². The first kappa shape index (κ1) is 13.1. The second kappa shape index (κ2) is 6.03. The fraction of sp³-hybridized carbons (Fsp3) is 0.562. The Bertz CT molecular complexity index is 423. The molecule has 0 saturated heterocycles. The van der Waals surface area contributed by atoms with Crippen LogP contribution in [-0.2, 0) is 11.2 Å². The molecule has 1 fully saturated rings. The third-order valence-electron chi connectivity index (χ3n) is 3.78. The summed E-state index contributed by atoms with van der Waals surface area (Å²) in [7, 11) is 1.71. The Kier molecular flexibility index (Phi) is 4.40. The van der Waals surface area contributed by atoms with Gasteiger partial charge in [-0.15, -0.1) is 0 Å². The van der Waals surface area contributed by atoms with E-state index in [1.807, 2.05) is 6.07 Å². The van der Waals surface area contributed by atoms with E-state index in [1.165, 1.54) is 24.0 Å². The maximum absolute atomic E-state index is 11.7. The van der Waals surface area contributed by atoms with Crippen molar-refractivity contribution in [3.63, 3.8) is 0 Å². The van der Waals surface area contributed by atoms with Gasteiger partial charge in [-0.3, -0.25) is 4.79 Å². The van der Waals surface area contributed by atoms with Crippen molar-refractivity contribution in [2.24, 2.45) is 5.92 Å². The Labute approximate surface area is 109 Å². The number of ether oxygens (including phenoxy) is 1. The van der Waals surface area contributed by atoms with Crippen LogP contribution < -0.4 is 4.74 Å². The van der Waals surface area contributed by atoms with E-state index in [9.17, 15) is 4.79 Å². The molecule has 0 bridgehead atoms. The van der Waals surface area contributed by atoms with Crippen molar-refractivity contribution in [2.75, 3.05) is 7.11 Å². The molecule has 98 valence electrons. The van der Waals surface area contributed by atoms with E-state index in [1.54, 1.807) is 7.11 Å². The predicted molar refractivity (Wildman–Crippen MR) is 73.0 cm³/mol. The summed E-state index contributed by atoms with van der Waals surface area (Å²) in [5.41, 5.74) is 2.50. The second-order valence-electron chi connectivity index (χ2n) is 5.37. The highest BCUT2D eigenvalue weighted by atomic mass is 16.5. The van der Waals surface area contributed by atoms with Crippen LogP contribution in [-0.4, -0.2) is 12.9 Å². The Hall–Kier alpha value is -1.31. The monoisotopic (exact) mass is 246 g/mol. The SMILES string of the molecule is COc1ccc(C)cc1CC1CCCCC(=O)C1. The average Bonchev–Trinajstić information content (AvgIpc) is 2.54. The molecule has 0 aromatic heterocycles. The molecule has 2 nitrogen and oxygen atoms in total. The standard InChI is InChI=1S/C16H22O2/c1-12-7-8-16(18-2)14(9-12)10-13-5-3-4-6-15(17)11-13/h7-9,13H,3-6,10-11H2,1-2H3. The van der Waals surface area contributed by atoms with Gasteiger partial charge in [0.05, 0.1) is 7.11 Å². The van der Waals surface area contributed by atoms with Gasteiger partial charge in [-0.25, -0.2) is 0 Å². The molecule has 0 aliphatic heterocycles. The van der Waals surface area contributed by atoms with Crippen LogP contribution in [0.25, 0.3) is 0 Å². The Morgan fingerprint density at radius 1 is 1.33 bits per heavy atom. The molecular weight excluding hydrogens is 224 g/mol. The third-order valence-corrected chi connectivity index (χ3v) is 3.78. The highest BCUT2D eigenvalue weighted by Gasteiger charge is 2.19. The summed E-state index contributed by atoms with van der Waals surface area (Å²) in [6, 6.07) is 6.29. The van der Waals surface area contributed by atoms with Crippen LogP contribution in [0.1, 0.15) is 43.2 Å². The molecule has 1 saturated carbocycles. The van der Waals surface area contributed by atoms with Crippen molar-refractivity contribution in [2.45, 2.75) is 45.4 Å². The lowest BCUT2D eigenvalue weighted by molar-refractivity contribution is -0.119. The fourth-order valence-corrected chi connectivity index (χ4v) is 2.83. The maximum atomic E-state index is 11.7. The smallest absolute Gasteiger partial charge is 0.133 e. The fourth-order valence-electron chi connectivity index (χ4n) is 2.83. The number of hydrogen-bond acceptors (Lipinski definition) is 2. The van der Waals surface area contributed by atoms with Crippen molar-refractivity contribution >= 4 is 5.78 Å². The Balaban J connectivity index is 2.12. The number of Topliss-reactive ketones (excluding diaryl/α,β-unsaturated/α-hetero) is 1. The summed E-state index contributed by atoms with van der Waals surface area (Å²) in [4.78, 5) is 11.7. The number of carbonyl (C=O) groups is 1. The number of rotatable bonds is 3. The van der Waals surface area contributed by atoms with Gasteiger partial charge in [0.25, 0.3) is 0 Å². The van der Waals surface area contributed by atoms with Crippen LogP contribution in [0.15, 0.2) is 18.2 Å². The van der Waals surface area contributed by atoms with Gasteiger partial charge in [0.1, 0.15) is 11.5 Å². The summed E-state index contributed by atoms with van der Waals surface area (Å²) in [6.45, 7) is 2.10. The number of hydrogen-bond donors (Lipinski definition) is 0. The lowest BCUT2D eigenvalue weighted by Crippen LogP contribution is -2.09. The molecule has 1 aliphatic carbocycles. The molecule has 0 heterocycles. The minimum atomic E-state index is 0.434. The van der Waals surface area contributed by atoms with Gasteiger partial charge in [-0.2, -0.15) is 0 Å². The zero-order valence-electron chi connectivity index (χ0n) is 11.4. The first-order valence-electron chi connectivity index (χ1n) is 6.84. The van der Waals surface area contributed by atoms with Crippen molar-refractivity contribution in [1.82, 2.24) is 0 Å². The summed E-state index contributed by atoms with van der Waals surface area (Å²) < 4.78 is 5.42. The van der Waals surface area contributed by atoms with E-state index < -0.39 is 0 Å². The number of benzene rings is 1. The van der Waals surface area contributed by atoms with Crippen LogP contribution in [0, 0.1) is 12.8 Å². The molecule has 1 unspecified atom stereocenters. The predicted octanol–water partition coefficient (Wildman–Crippen LogP) is 3.70. The summed E-state index contributed by atoms with van der Waals surface area (Å²) in [5, 5.41) is 0. The normalized spacial score (nSPS) is 20.6. The van der Waals surface area contributed by atoms with E-state index in [2.05, 4.69) is 19.1 Å². The van der Waals surface area contributed by atoms with Crippen LogP contribution in [0.4, 0.5) is 0 Å². The van der Waals surface area contributed by atoms with E-state index in [-0.39, 0.29) is 0 Å². The van der Waals surface area contributed by atoms with Gasteiger partial charge in [0.2, 0.25) is 0 Å². The van der Waals surface area contributed by atoms with Gasteiger partial charge in [0.15, 0.2) is 0 Å². The molecule has 1 aromatic carbocycles. The van der Waals surface area contributed by atoms with Crippen LogP contribution in [0.2, 0.25) is 0 Å². The van der Waals surface area contributed by atoms with Crippen molar-refractivity contribution in [3.8, 4) is 5.75 Å². The van der Waals surface area contributed by atoms with Gasteiger partial charge >= 0.3 is 0 Å². The molecule has 18 heavy (non-hydrogen) atoms. The summed E-state index contributed by atoms with van der Waals surface area (Å²) >= 11 is 0. The van der Waals surface area contributed by atoms with Crippen molar-refractivity contribution in [1.29, 1.82) is 0 Å². The second-order valence-corrected chi connectivity index (χ2v) is 5.37. The molecule has 0 N–H and O–H groups in total. The molecule has 2 rings (SSSR count). The molecule has 1 aromatic rings. The van der Waals surface area contributed by atoms with Crippen LogP contribution in [0.5, 0.6) is 5.75 Å². The maximum Gasteiger partial charge on any atom is 0.133 e. The molecular formula is C16H22O2. The number of methoxy groups -OCH3 is 1. The van der Waals surface area contributed by atoms with E-state index in [0.29, 0.717) is 11.7 Å². The van der Waals surface area contributed by atoms with E-state index in [0.717, 1.165) is 31.4 Å². The number of carbonyl (C=O) groups excluding carboxylic acids is 1. The quantitative estimate of drug-likeness (QED) is 0.760. The highest BCUT2D eigenvalue weighted by molar-refractivity contribution is 5.78. The highest BCUT2D eigenvalue weighted by Crippen LogP contribution is 2.28. The minimum Gasteiger partial charge on any atom is -0.496 e. The van der Waals surface area contributed by atoms with E-state index >= 15 is 0 Å². The molecule has 1 atom stereocenters. The summed E-state index contributed by atoms with van der Waals surface area (Å²) in [6.07, 6.45) is 5.92. The van der Waals surface area contributed by atoms with Crippen LogP contribution >= 0.6 is 0 Å². The number of aryl methyl sites for hydroxylation is 1. The number of ketones is 1. The Morgan fingerprint density at radius 2 is 2.17 bits per heavy atom. The summed E-state index contributed by atoms with van der Waals surface area (Å²) in [5.74, 6) is 1.89. The lowest BCUT2D eigenvalue weighted by Gasteiger charge is -2.16. The zero-order valence-corrected chi connectivity index (χ0v) is 11.4. The topological polar surface area (TPSA) is 26.3 Å². The van der Waals surface area contributed by atoms with Gasteiger partial charge in [-0.05, 0) is 43.7 Å². The Morgan fingerprint density at radius 3 is 2.94 bits per heavy atom. The van der Waals surface area contributed by atoms with Gasteiger partial charge in [0, 0.05) is 12.8 Å². The average molecular weight is 246 g/mol. The molecule has 0 amide bonds. The van der Waals surface area contributed by atoms with Gasteiger partial charge < -0.3 is 4.74 Å². The molecule has 0 radical (unpaired) electrons. The van der Waals surface area contributed by atoms with Gasteiger partial charge in [-0.1, -0.05) is 24.1 Å². The van der Waals surface area contributed by atoms with Crippen LogP contribution in [0.3, 0.4) is 0 Å². The third kappa shape index (κ3) is 3.34. The molecule has 1 aliphatic rings. The largest absolute Gasteiger partial charge is 0.496 e. The van der Waals surface area contributed by atoms with Crippen molar-refractivity contribution in [3.05, 3.63) is 29.3 Å². The molecule has 0 spiro atoms. The minimum absolute atomic E-state index is 0.434. The zero-order chi connectivity index (χ0) is 13.0. The van der Waals surface area contributed by atoms with E-state index in [4.69, 9.17) is 4.74 Å². The first-order valence-corrected chi connectivity index (χ1v) is 6.84. The molecule has 2 heteroatoms. The first-order chi connectivity index (χ1) is 8.69. The lowest BCUT2D eigenvalue weighted by atomic mass is 9.91.